The number of ether oxygens (including phenoxy) is 1. The van der Waals surface area contributed by atoms with E-state index >= 15 is 0 Å². The van der Waals surface area contributed by atoms with Crippen molar-refractivity contribution in [3.63, 3.8) is 0 Å². The highest BCUT2D eigenvalue weighted by Crippen LogP contribution is 2.29. The summed E-state index contributed by atoms with van der Waals surface area (Å²) >= 11 is 0. The number of oxazole rings is 1. The summed E-state index contributed by atoms with van der Waals surface area (Å²) in [5.74, 6) is 0.0846. The van der Waals surface area contributed by atoms with Gasteiger partial charge in [0.05, 0.1) is 12.7 Å². The number of aromatic nitrogens is 1. The molecule has 2 unspecified atom stereocenters. The SMILES string of the molecule is Cc1ccc(-c2nc(COC3CCCC(C(=O)N[C@@H](CC(C)C)C(=O)O)C3)c(C)o2)cc1. The van der Waals surface area contributed by atoms with Crippen molar-refractivity contribution in [3.05, 3.63) is 41.3 Å². The molecule has 1 aliphatic rings. The second-order valence-corrected chi connectivity index (χ2v) is 9.21. The van der Waals surface area contributed by atoms with Crippen molar-refractivity contribution in [1.29, 1.82) is 0 Å². The van der Waals surface area contributed by atoms with E-state index in [-0.39, 0.29) is 23.8 Å². The molecule has 0 bridgehead atoms. The van der Waals surface area contributed by atoms with Crippen LogP contribution >= 0.6 is 0 Å². The lowest BCUT2D eigenvalue weighted by molar-refractivity contribution is -0.143. The Bertz CT molecular complexity index is 919. The van der Waals surface area contributed by atoms with Gasteiger partial charge >= 0.3 is 5.97 Å². The van der Waals surface area contributed by atoms with Crippen LogP contribution < -0.4 is 5.32 Å². The number of aliphatic carboxylic acids is 1. The Labute approximate surface area is 189 Å². The third-order valence-electron chi connectivity index (χ3n) is 5.97. The smallest absolute Gasteiger partial charge is 0.326 e. The van der Waals surface area contributed by atoms with Gasteiger partial charge < -0.3 is 19.6 Å². The van der Waals surface area contributed by atoms with Crippen LogP contribution in [0.2, 0.25) is 0 Å². The predicted octanol–water partition coefficient (Wildman–Crippen LogP) is 4.65. The van der Waals surface area contributed by atoms with Gasteiger partial charge in [-0.2, -0.15) is 0 Å². The number of carboxylic acids is 1. The zero-order valence-corrected chi connectivity index (χ0v) is 19.4. The molecule has 0 saturated heterocycles. The molecule has 174 valence electrons. The number of rotatable bonds is 9. The number of carbonyl (C=O) groups excluding carboxylic acids is 1. The summed E-state index contributed by atoms with van der Waals surface area (Å²) in [6.45, 7) is 8.13. The number of nitrogens with one attached hydrogen (secondary N) is 1. The first kappa shape index (κ1) is 24.0. The Morgan fingerprint density at radius 3 is 2.59 bits per heavy atom. The molecule has 0 radical (unpaired) electrons. The summed E-state index contributed by atoms with van der Waals surface area (Å²) in [7, 11) is 0. The van der Waals surface area contributed by atoms with Gasteiger partial charge in [0.25, 0.3) is 0 Å². The third-order valence-corrected chi connectivity index (χ3v) is 5.97. The first-order chi connectivity index (χ1) is 15.2. The summed E-state index contributed by atoms with van der Waals surface area (Å²) < 4.78 is 11.9. The molecule has 1 aliphatic carbocycles. The van der Waals surface area contributed by atoms with Gasteiger partial charge in [-0.25, -0.2) is 9.78 Å². The highest BCUT2D eigenvalue weighted by Gasteiger charge is 2.31. The lowest BCUT2D eigenvalue weighted by atomic mass is 9.86. The van der Waals surface area contributed by atoms with Crippen LogP contribution in [0.15, 0.2) is 28.7 Å². The van der Waals surface area contributed by atoms with Gasteiger partial charge in [-0.1, -0.05) is 38.0 Å². The predicted molar refractivity (Wildman–Crippen MR) is 121 cm³/mol. The number of carboxylic acid groups (broad SMARTS) is 1. The summed E-state index contributed by atoms with van der Waals surface area (Å²) in [4.78, 5) is 28.8. The number of aryl methyl sites for hydroxylation is 2. The van der Waals surface area contributed by atoms with E-state index in [1.54, 1.807) is 0 Å². The van der Waals surface area contributed by atoms with Gasteiger partial charge in [-0.3, -0.25) is 4.79 Å². The van der Waals surface area contributed by atoms with E-state index in [0.29, 0.717) is 25.3 Å². The van der Waals surface area contributed by atoms with E-state index in [1.807, 2.05) is 52.0 Å². The highest BCUT2D eigenvalue weighted by atomic mass is 16.5. The molecule has 1 fully saturated rings. The zero-order chi connectivity index (χ0) is 23.3. The van der Waals surface area contributed by atoms with Gasteiger partial charge in [0.1, 0.15) is 17.5 Å². The number of hydrogen-bond acceptors (Lipinski definition) is 5. The highest BCUT2D eigenvalue weighted by molar-refractivity contribution is 5.85. The minimum absolute atomic E-state index is 0.0631. The molecule has 1 heterocycles. The van der Waals surface area contributed by atoms with E-state index in [2.05, 4.69) is 10.3 Å². The van der Waals surface area contributed by atoms with Crippen molar-refractivity contribution in [2.24, 2.45) is 11.8 Å². The minimum Gasteiger partial charge on any atom is -0.480 e. The van der Waals surface area contributed by atoms with Crippen LogP contribution in [0.3, 0.4) is 0 Å². The molecule has 1 amide bonds. The Balaban J connectivity index is 1.55. The monoisotopic (exact) mass is 442 g/mol. The molecular formula is C25H34N2O5. The van der Waals surface area contributed by atoms with Crippen molar-refractivity contribution in [2.45, 2.75) is 78.6 Å². The van der Waals surface area contributed by atoms with Gasteiger partial charge in [0.15, 0.2) is 0 Å². The fourth-order valence-electron chi connectivity index (χ4n) is 4.10. The molecule has 0 aliphatic heterocycles. The number of hydrogen-bond donors (Lipinski definition) is 2. The first-order valence-corrected chi connectivity index (χ1v) is 11.4. The number of carbonyl (C=O) groups is 2. The molecule has 2 aromatic rings. The Morgan fingerprint density at radius 1 is 1.22 bits per heavy atom. The summed E-state index contributed by atoms with van der Waals surface area (Å²) in [5.41, 5.74) is 2.86. The quantitative estimate of drug-likeness (QED) is 0.586. The van der Waals surface area contributed by atoms with E-state index < -0.39 is 12.0 Å². The van der Waals surface area contributed by atoms with Crippen LogP contribution in [-0.4, -0.2) is 34.1 Å². The van der Waals surface area contributed by atoms with Crippen LogP contribution in [0.25, 0.3) is 11.5 Å². The molecule has 3 atom stereocenters. The van der Waals surface area contributed by atoms with Crippen LogP contribution in [0.1, 0.15) is 63.0 Å². The molecule has 32 heavy (non-hydrogen) atoms. The van der Waals surface area contributed by atoms with Crippen molar-refractivity contribution in [1.82, 2.24) is 10.3 Å². The number of nitrogens with zero attached hydrogens (tertiary/aromatic N) is 1. The van der Waals surface area contributed by atoms with Gasteiger partial charge in [0.2, 0.25) is 11.8 Å². The molecular weight excluding hydrogens is 408 g/mol. The maximum atomic E-state index is 12.7. The van der Waals surface area contributed by atoms with Gasteiger partial charge in [-0.15, -0.1) is 0 Å². The summed E-state index contributed by atoms with van der Waals surface area (Å²) in [5, 5.41) is 12.1. The average molecular weight is 443 g/mol. The lowest BCUT2D eigenvalue weighted by Crippen LogP contribution is -2.45. The first-order valence-electron chi connectivity index (χ1n) is 11.4. The Kier molecular flexibility index (Phi) is 8.07. The zero-order valence-electron chi connectivity index (χ0n) is 19.4. The van der Waals surface area contributed by atoms with Crippen LogP contribution in [0.5, 0.6) is 0 Å². The molecule has 1 saturated carbocycles. The molecule has 3 rings (SSSR count). The van der Waals surface area contributed by atoms with E-state index in [9.17, 15) is 14.7 Å². The summed E-state index contributed by atoms with van der Waals surface area (Å²) in [6, 6.07) is 7.17. The second-order valence-electron chi connectivity index (χ2n) is 9.21. The van der Waals surface area contributed by atoms with Crippen LogP contribution in [0, 0.1) is 25.7 Å². The summed E-state index contributed by atoms with van der Waals surface area (Å²) in [6.07, 6.45) is 3.44. The van der Waals surface area contributed by atoms with E-state index in [1.165, 1.54) is 5.56 Å². The third kappa shape index (κ3) is 6.42. The van der Waals surface area contributed by atoms with Crippen LogP contribution in [0.4, 0.5) is 0 Å². The Morgan fingerprint density at radius 2 is 1.94 bits per heavy atom. The molecule has 1 aromatic heterocycles. The second kappa shape index (κ2) is 10.8. The fraction of sp³-hybridized carbons (Fsp3) is 0.560. The number of benzene rings is 1. The maximum Gasteiger partial charge on any atom is 0.326 e. The van der Waals surface area contributed by atoms with Crippen molar-refractivity contribution in [2.75, 3.05) is 0 Å². The van der Waals surface area contributed by atoms with E-state index in [4.69, 9.17) is 9.15 Å². The molecule has 2 N–H and O–H groups in total. The topological polar surface area (TPSA) is 102 Å². The van der Waals surface area contributed by atoms with Gasteiger partial charge in [-0.05, 0) is 57.6 Å². The van der Waals surface area contributed by atoms with Crippen LogP contribution in [-0.2, 0) is 20.9 Å². The average Bonchev–Trinajstić information content (AvgIpc) is 3.12. The van der Waals surface area contributed by atoms with Crippen molar-refractivity contribution < 1.29 is 23.8 Å². The number of amides is 1. The molecule has 1 aromatic carbocycles. The van der Waals surface area contributed by atoms with Gasteiger partial charge in [0, 0.05) is 11.5 Å². The molecule has 7 nitrogen and oxygen atoms in total. The standard InChI is InChI=1S/C25H34N2O5/c1-15(2)12-21(25(29)30)26-23(28)19-6-5-7-20(13-19)31-14-22-17(4)32-24(27-22)18-10-8-16(3)9-11-18/h8-11,15,19-21H,5-7,12-14H2,1-4H3,(H,26,28)(H,29,30)/t19?,20?,21-/m0/s1. The van der Waals surface area contributed by atoms with Crippen molar-refractivity contribution >= 4 is 11.9 Å². The fourth-order valence-corrected chi connectivity index (χ4v) is 4.10. The Hall–Kier alpha value is -2.67. The van der Waals surface area contributed by atoms with E-state index in [0.717, 1.165) is 36.3 Å². The maximum absolute atomic E-state index is 12.7. The largest absolute Gasteiger partial charge is 0.480 e. The normalized spacial score (nSPS) is 19.7. The van der Waals surface area contributed by atoms with Crippen molar-refractivity contribution in [3.8, 4) is 11.5 Å². The minimum atomic E-state index is -0.985. The molecule has 7 heteroatoms. The molecule has 0 spiro atoms. The lowest BCUT2D eigenvalue weighted by Gasteiger charge is -2.29.